The van der Waals surface area contributed by atoms with E-state index in [4.69, 9.17) is 5.73 Å². The third kappa shape index (κ3) is 3.82. The van der Waals surface area contributed by atoms with Crippen molar-refractivity contribution in [2.24, 2.45) is 17.6 Å². The zero-order chi connectivity index (χ0) is 28.3. The number of anilines is 1. The van der Waals surface area contributed by atoms with Gasteiger partial charge in [0.25, 0.3) is 5.91 Å². The maximum absolute atomic E-state index is 14.0. The van der Waals surface area contributed by atoms with E-state index in [1.807, 2.05) is 38.1 Å². The Bertz CT molecular complexity index is 1320. The number of carbonyl (C=O) groups excluding carboxylic acids is 3. The molecule has 0 saturated heterocycles. The Morgan fingerprint density at radius 3 is 2.39 bits per heavy atom. The molecule has 1 fully saturated rings. The molecule has 10 nitrogen and oxygen atoms in total. The summed E-state index contributed by atoms with van der Waals surface area (Å²) in [5.74, 6) is -6.56. The fraction of sp³-hybridized carbons (Fsp3) is 0.464. The van der Waals surface area contributed by atoms with Crippen LogP contribution in [0.2, 0.25) is 0 Å². The summed E-state index contributed by atoms with van der Waals surface area (Å²) in [6.45, 7) is 2.03. The molecule has 38 heavy (non-hydrogen) atoms. The van der Waals surface area contributed by atoms with Crippen molar-refractivity contribution in [3.63, 3.8) is 0 Å². The van der Waals surface area contributed by atoms with Gasteiger partial charge in [-0.25, -0.2) is 0 Å². The number of nitrogens with zero attached hydrogens (tertiary/aromatic N) is 2. The molecule has 1 aromatic carbocycles. The third-order valence-electron chi connectivity index (χ3n) is 7.96. The van der Waals surface area contributed by atoms with E-state index in [9.17, 15) is 34.8 Å². The molecule has 0 heterocycles. The number of likely N-dealkylation sites (N-methyl/N-ethyl adjacent to an activating group) is 1. The van der Waals surface area contributed by atoms with Gasteiger partial charge in [-0.05, 0) is 50.9 Å². The number of aliphatic hydroxyl groups is 3. The number of fused-ring (bicyclic) bond motifs is 3. The standard InChI is InChI=1S/C28H35N3O7/c1-6-7-8-9-13-12-17(30(2)3)15-10-14-11-16-21(31(4)5)24(34)20(27(29)37)26(36)28(16,38)25(35)18(14)23(33)19(15)22(13)32/h8-9,12,14,16,21,32-33,36,38H,6-7,10-11H2,1-5H3,(H2,29,37)/b9-8+/t14-,16-,21-,28-/m0/s1. The summed E-state index contributed by atoms with van der Waals surface area (Å²) in [7, 11) is 6.82. The molecule has 10 heteroatoms. The number of hydrogen-bond donors (Lipinski definition) is 5. The monoisotopic (exact) mass is 525 g/mol. The molecule has 4 rings (SSSR count). The maximum Gasteiger partial charge on any atom is 0.255 e. The van der Waals surface area contributed by atoms with Crippen LogP contribution in [0.25, 0.3) is 11.8 Å². The predicted molar refractivity (Wildman–Crippen MR) is 143 cm³/mol. The molecule has 0 aliphatic heterocycles. The van der Waals surface area contributed by atoms with Crippen LogP contribution in [-0.2, 0) is 20.8 Å². The molecule has 0 unspecified atom stereocenters. The predicted octanol–water partition coefficient (Wildman–Crippen LogP) is 1.84. The summed E-state index contributed by atoms with van der Waals surface area (Å²) >= 11 is 0. The molecule has 0 radical (unpaired) electrons. The van der Waals surface area contributed by atoms with Gasteiger partial charge in [-0.1, -0.05) is 25.5 Å². The van der Waals surface area contributed by atoms with Crippen molar-refractivity contribution in [3.8, 4) is 5.75 Å². The largest absolute Gasteiger partial charge is 0.508 e. The summed E-state index contributed by atoms with van der Waals surface area (Å²) in [4.78, 5) is 42.6. The first-order valence-electron chi connectivity index (χ1n) is 12.7. The second kappa shape index (κ2) is 9.59. The lowest BCUT2D eigenvalue weighted by atomic mass is 9.57. The number of hydrogen-bond acceptors (Lipinski definition) is 9. The number of amides is 1. The second-order valence-corrected chi connectivity index (χ2v) is 10.7. The highest BCUT2D eigenvalue weighted by Gasteiger charge is 2.64. The highest BCUT2D eigenvalue weighted by Crippen LogP contribution is 2.54. The number of aliphatic hydroxyl groups excluding tert-OH is 2. The zero-order valence-corrected chi connectivity index (χ0v) is 22.3. The fourth-order valence-electron chi connectivity index (χ4n) is 6.22. The van der Waals surface area contributed by atoms with E-state index in [0.717, 1.165) is 18.5 Å². The Kier molecular flexibility index (Phi) is 6.92. The summed E-state index contributed by atoms with van der Waals surface area (Å²) < 4.78 is 0. The summed E-state index contributed by atoms with van der Waals surface area (Å²) in [5.41, 5.74) is 3.65. The Hall–Kier alpha value is -3.63. The number of phenols is 1. The molecule has 1 aromatic rings. The van der Waals surface area contributed by atoms with Crippen molar-refractivity contribution in [2.75, 3.05) is 33.1 Å². The van der Waals surface area contributed by atoms with Crippen molar-refractivity contribution >= 4 is 35.0 Å². The van der Waals surface area contributed by atoms with E-state index >= 15 is 0 Å². The minimum atomic E-state index is -2.65. The molecular formula is C28H35N3O7. The SMILES string of the molecule is CCC/C=C/c1cc(N(C)C)c2c(c1O)C(O)=C1C(=O)[C@]3(O)C(O)=C(C(N)=O)C(=O)[C@@H](N(C)C)[C@@H]3C[C@@H]1C2. The van der Waals surface area contributed by atoms with E-state index in [2.05, 4.69) is 0 Å². The van der Waals surface area contributed by atoms with Crippen LogP contribution >= 0.6 is 0 Å². The number of phenolic OH excluding ortho intramolecular Hbond substituents is 1. The number of ketones is 2. The van der Waals surface area contributed by atoms with E-state index in [1.54, 1.807) is 20.2 Å². The van der Waals surface area contributed by atoms with Gasteiger partial charge in [0, 0.05) is 36.8 Å². The number of allylic oxidation sites excluding steroid dienone is 1. The van der Waals surface area contributed by atoms with Crippen LogP contribution in [-0.4, -0.2) is 82.6 Å². The van der Waals surface area contributed by atoms with Crippen LogP contribution in [0.15, 0.2) is 29.0 Å². The lowest BCUT2D eigenvalue weighted by molar-refractivity contribution is -0.153. The Labute approximate surface area is 221 Å². The molecule has 3 aliphatic carbocycles. The topological polar surface area (TPSA) is 165 Å². The van der Waals surface area contributed by atoms with Crippen LogP contribution in [0, 0.1) is 11.8 Å². The van der Waals surface area contributed by atoms with Crippen molar-refractivity contribution in [1.82, 2.24) is 4.90 Å². The fourth-order valence-corrected chi connectivity index (χ4v) is 6.22. The smallest absolute Gasteiger partial charge is 0.255 e. The maximum atomic E-state index is 14.0. The number of aromatic hydroxyl groups is 1. The van der Waals surface area contributed by atoms with Crippen LogP contribution in [0.3, 0.4) is 0 Å². The molecule has 0 spiro atoms. The Morgan fingerprint density at radius 1 is 1.18 bits per heavy atom. The molecule has 204 valence electrons. The molecule has 3 aliphatic rings. The minimum Gasteiger partial charge on any atom is -0.508 e. The molecule has 1 amide bonds. The third-order valence-corrected chi connectivity index (χ3v) is 7.96. The van der Waals surface area contributed by atoms with Crippen LogP contribution in [0.4, 0.5) is 5.69 Å². The molecule has 4 atom stereocenters. The summed E-state index contributed by atoms with van der Waals surface area (Å²) in [6.07, 6.45) is 5.66. The first-order chi connectivity index (χ1) is 17.8. The van der Waals surface area contributed by atoms with Gasteiger partial charge in [-0.3, -0.25) is 19.3 Å². The lowest BCUT2D eigenvalue weighted by Gasteiger charge is -2.50. The van der Waals surface area contributed by atoms with Gasteiger partial charge < -0.3 is 31.1 Å². The second-order valence-electron chi connectivity index (χ2n) is 10.7. The van der Waals surface area contributed by atoms with Gasteiger partial charge >= 0.3 is 0 Å². The molecule has 1 saturated carbocycles. The van der Waals surface area contributed by atoms with Crippen LogP contribution in [0.1, 0.15) is 42.9 Å². The Balaban J connectivity index is 1.98. The first-order valence-corrected chi connectivity index (χ1v) is 12.7. The zero-order valence-electron chi connectivity index (χ0n) is 22.3. The average molecular weight is 526 g/mol. The van der Waals surface area contributed by atoms with E-state index in [1.165, 1.54) is 4.90 Å². The number of nitrogens with two attached hydrogens (primary N) is 1. The summed E-state index contributed by atoms with van der Waals surface area (Å²) in [6, 6.07) is 0.709. The minimum absolute atomic E-state index is 0.0531. The van der Waals surface area contributed by atoms with Crippen molar-refractivity contribution in [3.05, 3.63) is 45.7 Å². The van der Waals surface area contributed by atoms with Crippen molar-refractivity contribution in [1.29, 1.82) is 0 Å². The van der Waals surface area contributed by atoms with Gasteiger partial charge in [0.05, 0.1) is 11.6 Å². The highest BCUT2D eigenvalue weighted by molar-refractivity contribution is 6.24. The number of primary amides is 1. The average Bonchev–Trinajstić information content (AvgIpc) is 2.82. The first kappa shape index (κ1) is 27.4. The van der Waals surface area contributed by atoms with Crippen molar-refractivity contribution in [2.45, 2.75) is 44.2 Å². The quantitative estimate of drug-likeness (QED) is 0.349. The van der Waals surface area contributed by atoms with Gasteiger partial charge in [-0.2, -0.15) is 0 Å². The van der Waals surface area contributed by atoms with E-state index in [-0.39, 0.29) is 29.7 Å². The number of carbonyl (C=O) groups is 3. The molecule has 0 bridgehead atoms. The van der Waals surface area contributed by atoms with Gasteiger partial charge in [0.1, 0.15) is 22.8 Å². The van der Waals surface area contributed by atoms with Crippen LogP contribution < -0.4 is 10.6 Å². The van der Waals surface area contributed by atoms with Gasteiger partial charge in [0.2, 0.25) is 5.78 Å². The normalized spacial score (nSPS) is 27.1. The molecule has 0 aromatic heterocycles. The highest BCUT2D eigenvalue weighted by atomic mass is 16.3. The number of rotatable bonds is 6. The Morgan fingerprint density at radius 2 is 1.84 bits per heavy atom. The van der Waals surface area contributed by atoms with Crippen LogP contribution in [0.5, 0.6) is 5.75 Å². The van der Waals surface area contributed by atoms with Gasteiger partial charge in [-0.15, -0.1) is 0 Å². The van der Waals surface area contributed by atoms with E-state index < -0.39 is 58.0 Å². The lowest BCUT2D eigenvalue weighted by Crippen LogP contribution is -2.65. The number of unbranched alkanes of at least 4 members (excludes halogenated alkanes) is 1. The number of benzene rings is 1. The van der Waals surface area contributed by atoms with Crippen molar-refractivity contribution < 1.29 is 34.8 Å². The molecule has 6 N–H and O–H groups in total. The summed E-state index contributed by atoms with van der Waals surface area (Å²) in [5, 5.41) is 45.3. The van der Waals surface area contributed by atoms with Gasteiger partial charge in [0.15, 0.2) is 11.4 Å². The number of Topliss-reactive ketones (excluding diaryl/α,β-unsaturated/α-hetero) is 2. The molecular weight excluding hydrogens is 490 g/mol. The van der Waals surface area contributed by atoms with E-state index in [0.29, 0.717) is 11.1 Å².